The highest BCUT2D eigenvalue weighted by molar-refractivity contribution is 9.10. The van der Waals surface area contributed by atoms with Crippen molar-refractivity contribution >= 4 is 27.2 Å². The normalized spacial score (nSPS) is 12.3. The summed E-state index contributed by atoms with van der Waals surface area (Å²) >= 11 is 3.24. The molecule has 0 aliphatic carbocycles. The number of imidazole rings is 1. The molecule has 2 heterocycles. The fourth-order valence-electron chi connectivity index (χ4n) is 1.72. The molecule has 0 aromatic carbocycles. The van der Waals surface area contributed by atoms with E-state index in [1.165, 1.54) is 9.13 Å². The molecule has 0 saturated carbocycles. The van der Waals surface area contributed by atoms with Crippen LogP contribution in [-0.2, 0) is 13.6 Å². The topological polar surface area (TPSA) is 72.9 Å². The third-order valence-electron chi connectivity index (χ3n) is 2.74. The van der Waals surface area contributed by atoms with E-state index in [-0.39, 0.29) is 5.69 Å². The van der Waals surface area contributed by atoms with E-state index in [9.17, 15) is 9.90 Å². The summed E-state index contributed by atoms with van der Waals surface area (Å²) in [6.45, 7) is 3.83. The molecule has 6 nitrogen and oxygen atoms in total. The molecule has 0 unspecified atom stereocenters. The van der Waals surface area contributed by atoms with E-state index in [1.807, 2.05) is 0 Å². The summed E-state index contributed by atoms with van der Waals surface area (Å²) in [4.78, 5) is 20.5. The first-order valence-corrected chi connectivity index (χ1v) is 6.39. The van der Waals surface area contributed by atoms with Crippen LogP contribution >= 0.6 is 15.9 Å². The highest BCUT2D eigenvalue weighted by Gasteiger charge is 2.17. The summed E-state index contributed by atoms with van der Waals surface area (Å²) in [5.74, 6) is 0. The predicted octanol–water partition coefficient (Wildman–Crippen LogP) is 1.05. The Morgan fingerprint density at radius 2 is 2.11 bits per heavy atom. The van der Waals surface area contributed by atoms with Gasteiger partial charge in [-0.1, -0.05) is 0 Å². The Labute approximate surface area is 112 Å². The van der Waals surface area contributed by atoms with Gasteiger partial charge in [-0.15, -0.1) is 0 Å². The van der Waals surface area contributed by atoms with E-state index < -0.39 is 5.60 Å². The van der Waals surface area contributed by atoms with Crippen LogP contribution in [0, 0.1) is 0 Å². The van der Waals surface area contributed by atoms with Gasteiger partial charge in [0.25, 0.3) is 0 Å². The van der Waals surface area contributed by atoms with Crippen LogP contribution in [0.4, 0.5) is 0 Å². The van der Waals surface area contributed by atoms with Crippen molar-refractivity contribution < 1.29 is 5.11 Å². The van der Waals surface area contributed by atoms with Gasteiger partial charge < -0.3 is 5.11 Å². The van der Waals surface area contributed by atoms with Crippen LogP contribution in [0.15, 0.2) is 15.6 Å². The number of aliphatic hydroxyl groups is 1. The van der Waals surface area contributed by atoms with Crippen LogP contribution in [0.25, 0.3) is 11.3 Å². The minimum absolute atomic E-state index is 0.174. The Bertz CT molecular complexity index is 639. The molecule has 2 aromatic rings. The summed E-state index contributed by atoms with van der Waals surface area (Å²) in [7, 11) is 1.66. The molecule has 0 aliphatic rings. The SMILES string of the molecule is Cn1c(=O)n(CCC(C)(C)O)c2nc(Br)cnc21. The van der Waals surface area contributed by atoms with Crippen molar-refractivity contribution in [3.63, 3.8) is 0 Å². The molecule has 0 radical (unpaired) electrons. The standard InChI is InChI=1S/C11H15BrN4O2/c1-11(2,18)4-5-16-9-8(15(3)10(16)17)13-6-7(12)14-9/h6,18H,4-5H2,1-3H3. The molecule has 0 atom stereocenters. The molecule has 2 rings (SSSR count). The van der Waals surface area contributed by atoms with Gasteiger partial charge in [0.15, 0.2) is 11.3 Å². The van der Waals surface area contributed by atoms with Crippen LogP contribution in [0.5, 0.6) is 0 Å². The molecule has 0 saturated heterocycles. The first kappa shape index (κ1) is 13.2. The molecule has 2 aromatic heterocycles. The van der Waals surface area contributed by atoms with Crippen molar-refractivity contribution in [2.24, 2.45) is 7.05 Å². The second-order valence-electron chi connectivity index (χ2n) is 4.90. The van der Waals surface area contributed by atoms with Crippen LogP contribution in [-0.4, -0.2) is 29.8 Å². The lowest BCUT2D eigenvalue weighted by atomic mass is 10.1. The van der Waals surface area contributed by atoms with Gasteiger partial charge in [0.05, 0.1) is 11.8 Å². The second kappa shape index (κ2) is 4.47. The number of halogens is 1. The fraction of sp³-hybridized carbons (Fsp3) is 0.545. The Morgan fingerprint density at radius 1 is 1.44 bits per heavy atom. The molecule has 0 aliphatic heterocycles. The Hall–Kier alpha value is -1.21. The molecule has 0 bridgehead atoms. The monoisotopic (exact) mass is 314 g/mol. The molecule has 0 amide bonds. The summed E-state index contributed by atoms with van der Waals surface area (Å²) < 4.78 is 3.57. The quantitative estimate of drug-likeness (QED) is 0.919. The third kappa shape index (κ3) is 2.46. The maximum Gasteiger partial charge on any atom is 0.331 e. The highest BCUT2D eigenvalue weighted by Crippen LogP contribution is 2.14. The van der Waals surface area contributed by atoms with Gasteiger partial charge in [-0.05, 0) is 36.2 Å². The molecule has 0 fully saturated rings. The van der Waals surface area contributed by atoms with Crippen molar-refractivity contribution in [3.8, 4) is 0 Å². The predicted molar refractivity (Wildman–Crippen MR) is 71.4 cm³/mol. The minimum Gasteiger partial charge on any atom is -0.390 e. The van der Waals surface area contributed by atoms with Crippen molar-refractivity contribution in [2.75, 3.05) is 0 Å². The number of aromatic nitrogens is 4. The van der Waals surface area contributed by atoms with Crippen LogP contribution in [0.2, 0.25) is 0 Å². The number of hydrogen-bond donors (Lipinski definition) is 1. The number of rotatable bonds is 3. The highest BCUT2D eigenvalue weighted by atomic mass is 79.9. The fourth-order valence-corrected chi connectivity index (χ4v) is 1.99. The molecule has 1 N–H and O–H groups in total. The average Bonchev–Trinajstić information content (AvgIpc) is 2.48. The third-order valence-corrected chi connectivity index (χ3v) is 3.13. The lowest BCUT2D eigenvalue weighted by Gasteiger charge is -2.16. The Balaban J connectivity index is 2.52. The zero-order valence-electron chi connectivity index (χ0n) is 10.5. The van der Waals surface area contributed by atoms with E-state index in [4.69, 9.17) is 0 Å². The van der Waals surface area contributed by atoms with E-state index in [1.54, 1.807) is 27.1 Å². The number of nitrogens with zero attached hydrogens (tertiary/aromatic N) is 4. The summed E-state index contributed by atoms with van der Waals surface area (Å²) in [5, 5.41) is 9.74. The number of fused-ring (bicyclic) bond motifs is 1. The van der Waals surface area contributed by atoms with Gasteiger partial charge in [-0.2, -0.15) is 0 Å². The first-order chi connectivity index (χ1) is 8.29. The van der Waals surface area contributed by atoms with Gasteiger partial charge >= 0.3 is 5.69 Å². The van der Waals surface area contributed by atoms with Crippen molar-refractivity contribution in [1.82, 2.24) is 19.1 Å². The molecular weight excluding hydrogens is 300 g/mol. The minimum atomic E-state index is -0.818. The van der Waals surface area contributed by atoms with Gasteiger partial charge in [-0.25, -0.2) is 14.8 Å². The Morgan fingerprint density at radius 3 is 2.72 bits per heavy atom. The smallest absolute Gasteiger partial charge is 0.331 e. The zero-order valence-corrected chi connectivity index (χ0v) is 12.1. The van der Waals surface area contributed by atoms with E-state index in [0.29, 0.717) is 28.9 Å². The van der Waals surface area contributed by atoms with Crippen molar-refractivity contribution in [2.45, 2.75) is 32.4 Å². The molecule has 98 valence electrons. The molecule has 7 heteroatoms. The summed E-state index contributed by atoms with van der Waals surface area (Å²) in [6, 6.07) is 0. The largest absolute Gasteiger partial charge is 0.390 e. The maximum absolute atomic E-state index is 12.1. The first-order valence-electron chi connectivity index (χ1n) is 5.60. The van der Waals surface area contributed by atoms with E-state index >= 15 is 0 Å². The van der Waals surface area contributed by atoms with Gasteiger partial charge in [0.2, 0.25) is 0 Å². The Kier molecular flexibility index (Phi) is 3.29. The maximum atomic E-state index is 12.1. The molecule has 0 spiro atoms. The van der Waals surface area contributed by atoms with Gasteiger partial charge in [0.1, 0.15) is 4.60 Å². The average molecular weight is 315 g/mol. The van der Waals surface area contributed by atoms with Crippen molar-refractivity contribution in [1.29, 1.82) is 0 Å². The molecule has 18 heavy (non-hydrogen) atoms. The van der Waals surface area contributed by atoms with E-state index in [2.05, 4.69) is 25.9 Å². The van der Waals surface area contributed by atoms with Crippen LogP contribution in [0.3, 0.4) is 0 Å². The van der Waals surface area contributed by atoms with Gasteiger partial charge in [0, 0.05) is 13.6 Å². The van der Waals surface area contributed by atoms with Crippen molar-refractivity contribution in [3.05, 3.63) is 21.3 Å². The van der Waals surface area contributed by atoms with Crippen LogP contribution < -0.4 is 5.69 Å². The van der Waals surface area contributed by atoms with E-state index in [0.717, 1.165) is 0 Å². The van der Waals surface area contributed by atoms with Gasteiger partial charge in [-0.3, -0.25) is 9.13 Å². The second-order valence-corrected chi connectivity index (χ2v) is 5.71. The summed E-state index contributed by atoms with van der Waals surface area (Å²) in [5.41, 5.74) is 0.0774. The molecular formula is C11H15BrN4O2. The zero-order chi connectivity index (χ0) is 13.5. The summed E-state index contributed by atoms with van der Waals surface area (Å²) in [6.07, 6.45) is 2.03. The lowest BCUT2D eigenvalue weighted by molar-refractivity contribution is 0.0662. The number of hydrogen-bond acceptors (Lipinski definition) is 4. The lowest BCUT2D eigenvalue weighted by Crippen LogP contribution is -2.27. The number of aryl methyl sites for hydroxylation is 2. The van der Waals surface area contributed by atoms with Crippen LogP contribution in [0.1, 0.15) is 20.3 Å².